The molecule has 0 radical (unpaired) electrons. The fraction of sp³-hybridized carbons (Fsp3) is 0.571. The largest absolute Gasteiger partial charge is 0.391 e. The first kappa shape index (κ1) is 14.8. The van der Waals surface area contributed by atoms with Gasteiger partial charge in [0.05, 0.1) is 16.2 Å². The van der Waals surface area contributed by atoms with E-state index in [0.29, 0.717) is 11.4 Å². The lowest BCUT2D eigenvalue weighted by atomic mass is 9.75. The van der Waals surface area contributed by atoms with Gasteiger partial charge in [-0.15, -0.1) is 0 Å². The summed E-state index contributed by atoms with van der Waals surface area (Å²) in [6, 6.07) is 6.14. The van der Waals surface area contributed by atoms with Gasteiger partial charge in [0.25, 0.3) is 0 Å². The maximum absolute atomic E-state index is 12.6. The minimum atomic E-state index is -3.51. The van der Waals surface area contributed by atoms with Crippen molar-refractivity contribution < 1.29 is 13.5 Å². The number of aliphatic hydroxyl groups is 1. The number of rotatable bonds is 2. The molecule has 1 aliphatic rings. The average Bonchev–Trinajstić information content (AvgIpc) is 2.33. The van der Waals surface area contributed by atoms with E-state index in [2.05, 4.69) is 0 Å². The minimum Gasteiger partial charge on any atom is -0.391 e. The van der Waals surface area contributed by atoms with Crippen LogP contribution in [0.4, 0.5) is 0 Å². The Morgan fingerprint density at radius 2 is 1.84 bits per heavy atom. The van der Waals surface area contributed by atoms with Gasteiger partial charge in [0.15, 0.2) is 9.84 Å². The zero-order chi connectivity index (χ0) is 14.3. The molecule has 3 nitrogen and oxygen atoms in total. The van der Waals surface area contributed by atoms with E-state index in [-0.39, 0.29) is 10.3 Å². The molecule has 0 heterocycles. The molecule has 1 aromatic carbocycles. The van der Waals surface area contributed by atoms with Gasteiger partial charge in [0.2, 0.25) is 0 Å². The summed E-state index contributed by atoms with van der Waals surface area (Å²) in [6.07, 6.45) is 1.35. The monoisotopic (exact) mass is 302 g/mol. The van der Waals surface area contributed by atoms with Crippen molar-refractivity contribution in [2.75, 3.05) is 0 Å². The molecule has 0 saturated heterocycles. The lowest BCUT2D eigenvalue weighted by Gasteiger charge is -2.40. The summed E-state index contributed by atoms with van der Waals surface area (Å²) in [4.78, 5) is 0.235. The molecule has 2 atom stereocenters. The van der Waals surface area contributed by atoms with Crippen LogP contribution in [0.3, 0.4) is 0 Å². The molecule has 1 fully saturated rings. The number of hydrogen-bond donors (Lipinski definition) is 1. The fourth-order valence-corrected chi connectivity index (χ4v) is 4.87. The van der Waals surface area contributed by atoms with Crippen LogP contribution in [0.5, 0.6) is 0 Å². The van der Waals surface area contributed by atoms with Crippen molar-refractivity contribution in [3.8, 4) is 0 Å². The second kappa shape index (κ2) is 5.08. The maximum Gasteiger partial charge on any atom is 0.183 e. The predicted molar refractivity (Wildman–Crippen MR) is 76.1 cm³/mol. The molecule has 1 aromatic rings. The lowest BCUT2D eigenvalue weighted by Crippen LogP contribution is -2.47. The van der Waals surface area contributed by atoms with Crippen molar-refractivity contribution in [3.05, 3.63) is 29.3 Å². The molecule has 1 saturated carbocycles. The quantitative estimate of drug-likeness (QED) is 0.913. The Kier molecular flexibility index (Phi) is 3.96. The van der Waals surface area contributed by atoms with Crippen LogP contribution < -0.4 is 0 Å². The predicted octanol–water partition coefficient (Wildman–Crippen LogP) is 3.05. The van der Waals surface area contributed by atoms with Crippen LogP contribution in [0, 0.1) is 5.41 Å². The highest BCUT2D eigenvalue weighted by atomic mass is 35.5. The molecule has 2 rings (SSSR count). The van der Waals surface area contributed by atoms with Gasteiger partial charge in [-0.25, -0.2) is 8.42 Å². The molecule has 1 aliphatic carbocycles. The Labute approximate surface area is 119 Å². The van der Waals surface area contributed by atoms with Gasteiger partial charge in [-0.05, 0) is 42.5 Å². The summed E-state index contributed by atoms with van der Waals surface area (Å²) < 4.78 is 25.2. The zero-order valence-electron chi connectivity index (χ0n) is 11.1. The van der Waals surface area contributed by atoms with Crippen LogP contribution in [0.25, 0.3) is 0 Å². The third-order valence-corrected chi connectivity index (χ3v) is 6.48. The average molecular weight is 303 g/mol. The van der Waals surface area contributed by atoms with Crippen LogP contribution in [0.2, 0.25) is 5.02 Å². The van der Waals surface area contributed by atoms with E-state index in [1.165, 1.54) is 12.1 Å². The molecule has 0 spiro atoms. The van der Waals surface area contributed by atoms with Crippen LogP contribution in [0.15, 0.2) is 29.2 Å². The van der Waals surface area contributed by atoms with E-state index in [0.717, 1.165) is 12.8 Å². The first-order valence-corrected chi connectivity index (χ1v) is 8.35. The summed E-state index contributed by atoms with van der Waals surface area (Å²) in [5.74, 6) is 0. The summed E-state index contributed by atoms with van der Waals surface area (Å²) in [6.45, 7) is 3.84. The smallest absolute Gasteiger partial charge is 0.183 e. The highest BCUT2D eigenvalue weighted by Crippen LogP contribution is 2.40. The Balaban J connectivity index is 2.36. The van der Waals surface area contributed by atoms with Crippen LogP contribution >= 0.6 is 11.6 Å². The molecule has 19 heavy (non-hydrogen) atoms. The standard InChI is InChI=1S/C14H19ClO3S/c1-14(2)9-3-4-12(13(14)16)19(17,18)11-7-5-10(15)6-8-11/h5-8,12-13,16H,3-4,9H2,1-2H3. The summed E-state index contributed by atoms with van der Waals surface area (Å²) in [5.41, 5.74) is -0.359. The lowest BCUT2D eigenvalue weighted by molar-refractivity contribution is 0.0167. The normalized spacial score (nSPS) is 27.2. The number of hydrogen-bond acceptors (Lipinski definition) is 3. The number of sulfone groups is 1. The summed E-state index contributed by atoms with van der Waals surface area (Å²) in [7, 11) is -3.51. The molecule has 0 amide bonds. The van der Waals surface area contributed by atoms with E-state index in [1.54, 1.807) is 12.1 Å². The Hall–Kier alpha value is -0.580. The van der Waals surface area contributed by atoms with Gasteiger partial charge in [-0.3, -0.25) is 0 Å². The molecule has 1 N–H and O–H groups in total. The molecular formula is C14H19ClO3S. The summed E-state index contributed by atoms with van der Waals surface area (Å²) in [5, 5.41) is 10.1. The Morgan fingerprint density at radius 3 is 2.42 bits per heavy atom. The van der Waals surface area contributed by atoms with Gasteiger partial charge in [0.1, 0.15) is 0 Å². The molecule has 106 valence electrons. The third kappa shape index (κ3) is 2.81. The van der Waals surface area contributed by atoms with Crippen molar-refractivity contribution in [1.82, 2.24) is 0 Å². The second-order valence-corrected chi connectivity index (χ2v) is 8.47. The highest BCUT2D eigenvalue weighted by molar-refractivity contribution is 7.92. The second-order valence-electron chi connectivity index (χ2n) is 5.86. The van der Waals surface area contributed by atoms with Crippen LogP contribution in [-0.4, -0.2) is 24.9 Å². The van der Waals surface area contributed by atoms with Crippen molar-refractivity contribution in [3.63, 3.8) is 0 Å². The van der Waals surface area contributed by atoms with Crippen molar-refractivity contribution >= 4 is 21.4 Å². The fourth-order valence-electron chi connectivity index (χ4n) is 2.69. The maximum atomic E-state index is 12.6. The van der Waals surface area contributed by atoms with Gasteiger partial charge in [0, 0.05) is 5.02 Å². The molecule has 0 aliphatic heterocycles. The van der Waals surface area contributed by atoms with Gasteiger partial charge < -0.3 is 5.11 Å². The Morgan fingerprint density at radius 1 is 1.26 bits per heavy atom. The molecule has 0 aromatic heterocycles. The molecule has 5 heteroatoms. The van der Waals surface area contributed by atoms with Gasteiger partial charge >= 0.3 is 0 Å². The molecular weight excluding hydrogens is 284 g/mol. The number of halogens is 1. The molecule has 0 bridgehead atoms. The first-order chi connectivity index (χ1) is 8.75. The van der Waals surface area contributed by atoms with E-state index in [4.69, 9.17) is 11.6 Å². The van der Waals surface area contributed by atoms with Crippen molar-refractivity contribution in [1.29, 1.82) is 0 Å². The third-order valence-electron chi connectivity index (χ3n) is 4.00. The van der Waals surface area contributed by atoms with Gasteiger partial charge in [-0.2, -0.15) is 0 Å². The topological polar surface area (TPSA) is 54.4 Å². The van der Waals surface area contributed by atoms with E-state index >= 15 is 0 Å². The van der Waals surface area contributed by atoms with E-state index in [1.807, 2.05) is 13.8 Å². The van der Waals surface area contributed by atoms with E-state index < -0.39 is 21.2 Å². The van der Waals surface area contributed by atoms with Crippen molar-refractivity contribution in [2.45, 2.75) is 49.4 Å². The van der Waals surface area contributed by atoms with Crippen molar-refractivity contribution in [2.24, 2.45) is 5.41 Å². The number of benzene rings is 1. The van der Waals surface area contributed by atoms with Crippen LogP contribution in [-0.2, 0) is 9.84 Å². The first-order valence-electron chi connectivity index (χ1n) is 6.43. The SMILES string of the molecule is CC1(C)CCCC(S(=O)(=O)c2ccc(Cl)cc2)C1O. The summed E-state index contributed by atoms with van der Waals surface area (Å²) >= 11 is 5.78. The minimum absolute atomic E-state index is 0.235. The van der Waals surface area contributed by atoms with Crippen LogP contribution in [0.1, 0.15) is 33.1 Å². The highest BCUT2D eigenvalue weighted by Gasteiger charge is 2.44. The zero-order valence-corrected chi connectivity index (χ0v) is 12.7. The van der Waals surface area contributed by atoms with Gasteiger partial charge in [-0.1, -0.05) is 31.9 Å². The van der Waals surface area contributed by atoms with E-state index in [9.17, 15) is 13.5 Å². The molecule has 2 unspecified atom stereocenters. The Bertz CT molecular complexity index is 549. The number of aliphatic hydroxyl groups excluding tert-OH is 1.